The quantitative estimate of drug-likeness (QED) is 0.732. The van der Waals surface area contributed by atoms with E-state index in [4.69, 9.17) is 9.26 Å². The molecule has 6 heteroatoms. The fourth-order valence-electron chi connectivity index (χ4n) is 3.73. The zero-order valence-corrected chi connectivity index (χ0v) is 16.4. The second kappa shape index (κ2) is 6.48. The van der Waals surface area contributed by atoms with Crippen molar-refractivity contribution < 1.29 is 18.8 Å². The Kier molecular flexibility index (Phi) is 4.22. The number of fused-ring (bicyclic) bond motifs is 2. The van der Waals surface area contributed by atoms with Crippen molar-refractivity contribution in [2.75, 3.05) is 5.32 Å². The molecule has 28 heavy (non-hydrogen) atoms. The Morgan fingerprint density at radius 2 is 2.00 bits per heavy atom. The van der Waals surface area contributed by atoms with Gasteiger partial charge in [-0.1, -0.05) is 11.2 Å². The molecule has 0 bridgehead atoms. The molecule has 0 atom stereocenters. The molecule has 2 aromatic carbocycles. The van der Waals surface area contributed by atoms with E-state index in [1.807, 2.05) is 39.8 Å². The van der Waals surface area contributed by atoms with Crippen LogP contribution in [0.2, 0.25) is 0 Å². The van der Waals surface area contributed by atoms with Crippen LogP contribution in [-0.2, 0) is 11.2 Å². The van der Waals surface area contributed by atoms with Crippen molar-refractivity contribution in [3.05, 3.63) is 52.7 Å². The lowest BCUT2D eigenvalue weighted by Crippen LogP contribution is -2.35. The fourth-order valence-corrected chi connectivity index (χ4v) is 3.73. The lowest BCUT2D eigenvalue weighted by atomic mass is 9.93. The molecule has 6 nitrogen and oxygen atoms in total. The van der Waals surface area contributed by atoms with Crippen LogP contribution in [0.25, 0.3) is 11.0 Å². The molecule has 3 aromatic rings. The third kappa shape index (κ3) is 3.38. The minimum atomic E-state index is -0.515. The lowest BCUT2D eigenvalue weighted by Gasteiger charge is -2.31. The van der Waals surface area contributed by atoms with Crippen molar-refractivity contribution in [3.63, 3.8) is 0 Å². The standard InChI is InChI=1S/C22H22N2O4/c1-12-7-13(2)21-16(24-28-19(21)8-12)10-20(26)23-14-5-6-18-15(9-14)17(25)11-22(3,4)27-18/h5-9H,10-11H2,1-4H3,(H,23,26). The summed E-state index contributed by atoms with van der Waals surface area (Å²) in [6, 6.07) is 9.08. The molecule has 0 radical (unpaired) electrons. The van der Waals surface area contributed by atoms with Crippen LogP contribution < -0.4 is 10.1 Å². The monoisotopic (exact) mass is 378 g/mol. The molecule has 2 heterocycles. The summed E-state index contributed by atoms with van der Waals surface area (Å²) in [4.78, 5) is 24.9. The Morgan fingerprint density at radius 1 is 1.21 bits per heavy atom. The number of Topliss-reactive ketones (excluding diaryl/α,β-unsaturated/α-hetero) is 1. The maximum absolute atomic E-state index is 12.5. The summed E-state index contributed by atoms with van der Waals surface area (Å²) in [5.41, 5.74) is 3.93. The van der Waals surface area contributed by atoms with Crippen molar-refractivity contribution in [3.8, 4) is 5.75 Å². The maximum Gasteiger partial charge on any atom is 0.230 e. The molecule has 144 valence electrons. The van der Waals surface area contributed by atoms with Gasteiger partial charge in [0.2, 0.25) is 5.91 Å². The summed E-state index contributed by atoms with van der Waals surface area (Å²) in [6.07, 6.45) is 0.395. The molecule has 1 aromatic heterocycles. The van der Waals surface area contributed by atoms with E-state index in [2.05, 4.69) is 10.5 Å². The number of ketones is 1. The Bertz CT molecular complexity index is 1110. The normalized spacial score (nSPS) is 15.2. The zero-order chi connectivity index (χ0) is 20.1. The zero-order valence-electron chi connectivity index (χ0n) is 16.4. The van der Waals surface area contributed by atoms with Gasteiger partial charge in [-0.2, -0.15) is 0 Å². The molecule has 0 aliphatic carbocycles. The van der Waals surface area contributed by atoms with Gasteiger partial charge in [0.1, 0.15) is 17.0 Å². The minimum Gasteiger partial charge on any atom is -0.487 e. The van der Waals surface area contributed by atoms with Crippen LogP contribution in [0.15, 0.2) is 34.9 Å². The van der Waals surface area contributed by atoms with Crippen molar-refractivity contribution in [1.82, 2.24) is 5.16 Å². The van der Waals surface area contributed by atoms with Gasteiger partial charge in [-0.25, -0.2) is 0 Å². The second-order valence-corrected chi connectivity index (χ2v) is 7.98. The molecular formula is C22H22N2O4. The van der Waals surface area contributed by atoms with Crippen molar-refractivity contribution >= 4 is 28.3 Å². The van der Waals surface area contributed by atoms with Crippen LogP contribution in [0.3, 0.4) is 0 Å². The first-order valence-electron chi connectivity index (χ1n) is 9.23. The lowest BCUT2D eigenvalue weighted by molar-refractivity contribution is -0.115. The molecule has 0 saturated heterocycles. The highest BCUT2D eigenvalue weighted by molar-refractivity contribution is 6.02. The average Bonchev–Trinajstić information content (AvgIpc) is 2.97. The summed E-state index contributed by atoms with van der Waals surface area (Å²) in [5, 5.41) is 7.78. The van der Waals surface area contributed by atoms with Crippen molar-refractivity contribution in [2.45, 2.75) is 46.1 Å². The number of ether oxygens (including phenoxy) is 1. The number of hydrogen-bond acceptors (Lipinski definition) is 5. The molecule has 0 spiro atoms. The number of carbonyl (C=O) groups excluding carboxylic acids is 2. The van der Waals surface area contributed by atoms with Crippen LogP contribution in [0.5, 0.6) is 5.75 Å². The van der Waals surface area contributed by atoms with Gasteiger partial charge < -0.3 is 14.6 Å². The van der Waals surface area contributed by atoms with Crippen molar-refractivity contribution in [1.29, 1.82) is 0 Å². The molecule has 0 fully saturated rings. The van der Waals surface area contributed by atoms with Gasteiger partial charge in [0, 0.05) is 11.1 Å². The van der Waals surface area contributed by atoms with E-state index in [1.54, 1.807) is 18.2 Å². The Hall–Kier alpha value is -3.15. The van der Waals surface area contributed by atoms with Gasteiger partial charge in [-0.05, 0) is 63.1 Å². The van der Waals surface area contributed by atoms with Crippen molar-refractivity contribution in [2.24, 2.45) is 0 Å². The van der Waals surface area contributed by atoms with Gasteiger partial charge >= 0.3 is 0 Å². The smallest absolute Gasteiger partial charge is 0.230 e. The maximum atomic E-state index is 12.5. The van der Waals surface area contributed by atoms with E-state index in [9.17, 15) is 9.59 Å². The van der Waals surface area contributed by atoms with E-state index < -0.39 is 5.60 Å². The molecule has 4 rings (SSSR count). The van der Waals surface area contributed by atoms with E-state index in [-0.39, 0.29) is 18.1 Å². The number of carbonyl (C=O) groups is 2. The number of nitrogens with zero attached hydrogens (tertiary/aromatic N) is 1. The predicted octanol–water partition coefficient (Wildman–Crippen LogP) is 4.37. The first-order chi connectivity index (χ1) is 13.2. The molecule has 1 N–H and O–H groups in total. The summed E-state index contributed by atoms with van der Waals surface area (Å²) >= 11 is 0. The summed E-state index contributed by atoms with van der Waals surface area (Å²) in [5.74, 6) is 0.336. The largest absolute Gasteiger partial charge is 0.487 e. The van der Waals surface area contributed by atoms with Gasteiger partial charge in [-0.3, -0.25) is 9.59 Å². The van der Waals surface area contributed by atoms with E-state index in [0.717, 1.165) is 16.5 Å². The Morgan fingerprint density at radius 3 is 2.79 bits per heavy atom. The number of rotatable bonds is 3. The number of aryl methyl sites for hydroxylation is 2. The number of nitrogens with one attached hydrogen (secondary N) is 1. The number of anilines is 1. The van der Waals surface area contributed by atoms with E-state index in [1.165, 1.54) is 0 Å². The molecular weight excluding hydrogens is 356 g/mol. The highest BCUT2D eigenvalue weighted by Gasteiger charge is 2.32. The Balaban J connectivity index is 1.54. The predicted molar refractivity (Wildman–Crippen MR) is 106 cm³/mol. The number of aromatic nitrogens is 1. The summed E-state index contributed by atoms with van der Waals surface area (Å²) < 4.78 is 11.2. The molecule has 1 amide bonds. The first-order valence-corrected chi connectivity index (χ1v) is 9.23. The number of hydrogen-bond donors (Lipinski definition) is 1. The first kappa shape index (κ1) is 18.2. The van der Waals surface area contributed by atoms with E-state index in [0.29, 0.717) is 34.7 Å². The van der Waals surface area contributed by atoms with E-state index >= 15 is 0 Å². The second-order valence-electron chi connectivity index (χ2n) is 7.98. The average molecular weight is 378 g/mol. The molecule has 1 aliphatic heterocycles. The van der Waals surface area contributed by atoms with Gasteiger partial charge in [0.05, 0.1) is 18.4 Å². The fraction of sp³-hybridized carbons (Fsp3) is 0.318. The third-order valence-electron chi connectivity index (χ3n) is 4.85. The molecule has 0 unspecified atom stereocenters. The third-order valence-corrected chi connectivity index (χ3v) is 4.85. The highest BCUT2D eigenvalue weighted by Crippen LogP contribution is 2.34. The highest BCUT2D eigenvalue weighted by atomic mass is 16.5. The SMILES string of the molecule is Cc1cc(C)c2c(CC(=O)Nc3ccc4c(c3)C(=O)CC(C)(C)O4)noc2c1. The van der Waals surface area contributed by atoms with Gasteiger partial charge in [-0.15, -0.1) is 0 Å². The van der Waals surface area contributed by atoms with Gasteiger partial charge in [0.15, 0.2) is 11.4 Å². The van der Waals surface area contributed by atoms with Gasteiger partial charge in [0.25, 0.3) is 0 Å². The van der Waals surface area contributed by atoms with Crippen LogP contribution in [0, 0.1) is 13.8 Å². The minimum absolute atomic E-state index is 0.0100. The van der Waals surface area contributed by atoms with Crippen LogP contribution in [0.4, 0.5) is 5.69 Å². The number of amides is 1. The Labute approximate surface area is 162 Å². The number of benzene rings is 2. The van der Waals surface area contributed by atoms with Crippen LogP contribution in [0.1, 0.15) is 47.4 Å². The summed E-state index contributed by atoms with van der Waals surface area (Å²) in [7, 11) is 0. The topological polar surface area (TPSA) is 81.4 Å². The molecule has 1 aliphatic rings. The molecule has 0 saturated carbocycles. The van der Waals surface area contributed by atoms with Crippen LogP contribution in [-0.4, -0.2) is 22.4 Å². The summed E-state index contributed by atoms with van der Waals surface area (Å²) in [6.45, 7) is 7.73. The van der Waals surface area contributed by atoms with Crippen LogP contribution >= 0.6 is 0 Å².